The lowest BCUT2D eigenvalue weighted by Gasteiger charge is -2.30. The summed E-state index contributed by atoms with van der Waals surface area (Å²) in [5, 5.41) is 0. The highest BCUT2D eigenvalue weighted by Gasteiger charge is 2.32. The van der Waals surface area contributed by atoms with E-state index in [4.69, 9.17) is 13.3 Å². The van der Waals surface area contributed by atoms with Crippen molar-refractivity contribution in [1.29, 1.82) is 0 Å². The van der Waals surface area contributed by atoms with Crippen LogP contribution in [0.1, 0.15) is 33.6 Å². The highest BCUT2D eigenvalue weighted by atomic mass is 28.4. The second-order valence-corrected chi connectivity index (χ2v) is 15.1. The van der Waals surface area contributed by atoms with E-state index >= 15 is 0 Å². The monoisotopic (exact) mass is 363 g/mol. The van der Waals surface area contributed by atoms with Crippen LogP contribution < -0.4 is 0 Å². The van der Waals surface area contributed by atoms with Gasteiger partial charge in [0.05, 0.1) is 6.54 Å². The molecule has 5 nitrogen and oxygen atoms in total. The molecule has 0 aliphatic heterocycles. The van der Waals surface area contributed by atoms with Crippen molar-refractivity contribution >= 4 is 22.8 Å². The van der Waals surface area contributed by atoms with E-state index in [1.54, 1.807) is 0 Å². The van der Waals surface area contributed by atoms with Crippen molar-refractivity contribution < 1.29 is 18.1 Å². The second-order valence-electron chi connectivity index (χ2n) is 7.33. The summed E-state index contributed by atoms with van der Waals surface area (Å²) in [5.74, 6) is -0.118. The molecule has 7 heteroatoms. The first-order chi connectivity index (χ1) is 10.5. The summed E-state index contributed by atoms with van der Waals surface area (Å²) in [4.78, 5) is 13.9. The van der Waals surface area contributed by atoms with Gasteiger partial charge in [-0.25, -0.2) is 0 Å². The van der Waals surface area contributed by atoms with Crippen molar-refractivity contribution in [2.75, 3.05) is 26.7 Å². The lowest BCUT2D eigenvalue weighted by Crippen LogP contribution is -2.42. The Morgan fingerprint density at radius 3 is 2.26 bits per heavy atom. The number of likely N-dealkylation sites (N-methyl/N-ethyl adjacent to an activating group) is 1. The Hall–Kier alpha value is -0.216. The Morgan fingerprint density at radius 2 is 1.78 bits per heavy atom. The topological polar surface area (TPSA) is 48.0 Å². The molecule has 0 saturated heterocycles. The molecule has 0 bridgehead atoms. The SMILES string of the molecule is CCO[Si](C)(CCCN(C)CC(=O)O[Si](C)(C)C)OC(C)CC. The average Bonchev–Trinajstić information content (AvgIpc) is 2.35. The lowest BCUT2D eigenvalue weighted by atomic mass is 10.3. The molecule has 0 N–H and O–H groups in total. The third-order valence-electron chi connectivity index (χ3n) is 3.46. The summed E-state index contributed by atoms with van der Waals surface area (Å²) in [6.07, 6.45) is 2.20. The zero-order chi connectivity index (χ0) is 18.1. The molecular formula is C16H37NO4Si2. The maximum atomic E-state index is 11.8. The average molecular weight is 364 g/mol. The summed E-state index contributed by atoms with van der Waals surface area (Å²) in [6.45, 7) is 16.3. The van der Waals surface area contributed by atoms with Crippen LogP contribution in [0, 0.1) is 0 Å². The molecule has 0 spiro atoms. The summed E-state index contributed by atoms with van der Waals surface area (Å²) in [6, 6.07) is 0.943. The molecule has 0 aliphatic carbocycles. The summed E-state index contributed by atoms with van der Waals surface area (Å²) in [5.41, 5.74) is 0. The van der Waals surface area contributed by atoms with Crippen LogP contribution in [0.25, 0.3) is 0 Å². The lowest BCUT2D eigenvalue weighted by molar-refractivity contribution is -0.136. The van der Waals surface area contributed by atoms with Gasteiger partial charge in [0.25, 0.3) is 0 Å². The van der Waals surface area contributed by atoms with E-state index in [0.29, 0.717) is 13.2 Å². The largest absolute Gasteiger partial charge is 0.519 e. The van der Waals surface area contributed by atoms with E-state index < -0.39 is 16.9 Å². The highest BCUT2D eigenvalue weighted by molar-refractivity contribution is 6.71. The van der Waals surface area contributed by atoms with Gasteiger partial charge >= 0.3 is 14.5 Å². The first-order valence-electron chi connectivity index (χ1n) is 8.73. The molecule has 0 amide bonds. The Labute approximate surface area is 145 Å². The first-order valence-corrected chi connectivity index (χ1v) is 14.7. The van der Waals surface area contributed by atoms with Gasteiger partial charge in [0.1, 0.15) is 0 Å². The Morgan fingerprint density at radius 1 is 1.17 bits per heavy atom. The third kappa shape index (κ3) is 11.9. The Bertz CT molecular complexity index is 349. The van der Waals surface area contributed by atoms with Gasteiger partial charge in [-0.15, -0.1) is 0 Å². The molecule has 0 saturated carbocycles. The summed E-state index contributed by atoms with van der Waals surface area (Å²) < 4.78 is 17.6. The molecule has 0 aromatic carbocycles. The van der Waals surface area contributed by atoms with Crippen LogP contribution in [0.3, 0.4) is 0 Å². The number of carbonyl (C=O) groups excluding carboxylic acids is 1. The number of hydrogen-bond donors (Lipinski definition) is 0. The van der Waals surface area contributed by atoms with Gasteiger partial charge in [-0.1, -0.05) is 6.92 Å². The fourth-order valence-corrected chi connectivity index (χ4v) is 5.83. The molecule has 0 heterocycles. The van der Waals surface area contributed by atoms with E-state index in [1.807, 2.05) is 38.5 Å². The van der Waals surface area contributed by atoms with Gasteiger partial charge in [0, 0.05) is 12.7 Å². The van der Waals surface area contributed by atoms with E-state index in [0.717, 1.165) is 25.4 Å². The van der Waals surface area contributed by atoms with Crippen molar-refractivity contribution in [2.45, 2.75) is 71.9 Å². The molecule has 0 aliphatic rings. The Balaban J connectivity index is 4.24. The van der Waals surface area contributed by atoms with Crippen LogP contribution >= 0.6 is 0 Å². The van der Waals surface area contributed by atoms with Crippen molar-refractivity contribution in [1.82, 2.24) is 4.90 Å². The highest BCUT2D eigenvalue weighted by Crippen LogP contribution is 2.19. The molecule has 2 unspecified atom stereocenters. The standard InChI is InChI=1S/C16H37NO4Si2/c1-9-15(3)20-23(8,19-10-2)13-11-12-17(4)14-16(18)21-22(5,6)7/h15H,9-14H2,1-8H3. The minimum Gasteiger partial charge on any atom is -0.519 e. The van der Waals surface area contributed by atoms with Crippen LogP contribution in [-0.4, -0.2) is 60.6 Å². The van der Waals surface area contributed by atoms with Crippen LogP contribution in [0.15, 0.2) is 0 Å². The molecule has 0 radical (unpaired) electrons. The van der Waals surface area contributed by atoms with Crippen LogP contribution in [-0.2, 0) is 18.1 Å². The molecule has 138 valence electrons. The van der Waals surface area contributed by atoms with E-state index in [2.05, 4.69) is 20.4 Å². The molecule has 2 atom stereocenters. The quantitative estimate of drug-likeness (QED) is 0.496. The number of hydrogen-bond acceptors (Lipinski definition) is 5. The third-order valence-corrected chi connectivity index (χ3v) is 7.37. The van der Waals surface area contributed by atoms with Gasteiger partial charge in [0.2, 0.25) is 8.32 Å². The van der Waals surface area contributed by atoms with Gasteiger partial charge in [-0.3, -0.25) is 9.69 Å². The maximum absolute atomic E-state index is 11.8. The molecule has 23 heavy (non-hydrogen) atoms. The predicted molar refractivity (Wildman–Crippen MR) is 100 cm³/mol. The van der Waals surface area contributed by atoms with E-state index in [9.17, 15) is 4.79 Å². The normalized spacial score (nSPS) is 16.2. The van der Waals surface area contributed by atoms with Crippen molar-refractivity contribution in [3.8, 4) is 0 Å². The molecule has 0 aromatic rings. The maximum Gasteiger partial charge on any atom is 0.335 e. The minimum atomic E-state index is -2.11. The fraction of sp³-hybridized carbons (Fsp3) is 0.938. The molecular weight excluding hydrogens is 326 g/mol. The number of rotatable bonds is 12. The van der Waals surface area contributed by atoms with Crippen molar-refractivity contribution in [3.05, 3.63) is 0 Å². The Kier molecular flexibility index (Phi) is 10.5. The predicted octanol–water partition coefficient (Wildman–Crippen LogP) is 3.61. The molecule has 0 fully saturated rings. The van der Waals surface area contributed by atoms with E-state index in [-0.39, 0.29) is 12.1 Å². The smallest absolute Gasteiger partial charge is 0.335 e. The van der Waals surface area contributed by atoms with Crippen LogP contribution in [0.4, 0.5) is 0 Å². The minimum absolute atomic E-state index is 0.118. The number of nitrogens with zero attached hydrogens (tertiary/aromatic N) is 1. The first kappa shape index (κ1) is 22.8. The second kappa shape index (κ2) is 10.6. The fourth-order valence-electron chi connectivity index (χ4n) is 2.32. The van der Waals surface area contributed by atoms with Gasteiger partial charge in [-0.05, 0) is 72.5 Å². The zero-order valence-electron chi connectivity index (χ0n) is 16.4. The van der Waals surface area contributed by atoms with Gasteiger partial charge < -0.3 is 13.3 Å². The van der Waals surface area contributed by atoms with Crippen LogP contribution in [0.5, 0.6) is 0 Å². The molecule has 0 rings (SSSR count). The van der Waals surface area contributed by atoms with Gasteiger partial charge in [0.15, 0.2) is 0 Å². The summed E-state index contributed by atoms with van der Waals surface area (Å²) in [7, 11) is -1.95. The van der Waals surface area contributed by atoms with Crippen molar-refractivity contribution in [2.24, 2.45) is 0 Å². The van der Waals surface area contributed by atoms with Gasteiger partial charge in [-0.2, -0.15) is 0 Å². The van der Waals surface area contributed by atoms with E-state index in [1.165, 1.54) is 0 Å². The zero-order valence-corrected chi connectivity index (χ0v) is 18.4. The number of carbonyl (C=O) groups is 1. The van der Waals surface area contributed by atoms with Crippen LogP contribution in [0.2, 0.25) is 32.2 Å². The van der Waals surface area contributed by atoms with Crippen molar-refractivity contribution in [3.63, 3.8) is 0 Å². The molecule has 0 aromatic heterocycles. The summed E-state index contributed by atoms with van der Waals surface area (Å²) >= 11 is 0.